The summed E-state index contributed by atoms with van der Waals surface area (Å²) < 4.78 is 1.71. The molecule has 3 rings (SSSR count). The van der Waals surface area contributed by atoms with Crippen molar-refractivity contribution in [1.82, 2.24) is 25.0 Å². The molecule has 27 heavy (non-hydrogen) atoms. The van der Waals surface area contributed by atoms with Gasteiger partial charge in [-0.15, -0.1) is 0 Å². The van der Waals surface area contributed by atoms with Crippen LogP contribution in [0.2, 0.25) is 0 Å². The Morgan fingerprint density at radius 1 is 1.26 bits per heavy atom. The van der Waals surface area contributed by atoms with Gasteiger partial charge in [0.15, 0.2) is 0 Å². The number of aliphatic hydroxyl groups is 1. The first-order valence-electron chi connectivity index (χ1n) is 9.56. The van der Waals surface area contributed by atoms with Crippen LogP contribution in [0.25, 0.3) is 0 Å². The number of aryl methyl sites for hydroxylation is 1. The largest absolute Gasteiger partial charge is 0.385 e. The van der Waals surface area contributed by atoms with Crippen LogP contribution >= 0.6 is 0 Å². The highest BCUT2D eigenvalue weighted by Gasteiger charge is 2.36. The normalized spacial score (nSPS) is 17.7. The van der Waals surface area contributed by atoms with E-state index < -0.39 is 5.60 Å². The first-order chi connectivity index (χ1) is 12.9. The molecule has 146 valence electrons. The summed E-state index contributed by atoms with van der Waals surface area (Å²) in [4.78, 5) is 18.9. The number of carbonyl (C=O) groups excluding carboxylic acids is 1. The quantitative estimate of drug-likeness (QED) is 0.846. The topological polar surface area (TPSA) is 83.3 Å². The van der Waals surface area contributed by atoms with Crippen molar-refractivity contribution in [1.29, 1.82) is 0 Å². The van der Waals surface area contributed by atoms with Crippen LogP contribution in [0.1, 0.15) is 50.5 Å². The minimum Gasteiger partial charge on any atom is -0.385 e. The number of rotatable bonds is 5. The van der Waals surface area contributed by atoms with E-state index >= 15 is 0 Å². The molecule has 2 amide bonds. The number of nitrogens with zero attached hydrogens (tertiary/aromatic N) is 4. The summed E-state index contributed by atoms with van der Waals surface area (Å²) in [6, 6.07) is 9.41. The van der Waals surface area contributed by atoms with Gasteiger partial charge in [-0.1, -0.05) is 44.2 Å². The zero-order valence-electron chi connectivity index (χ0n) is 16.3. The van der Waals surface area contributed by atoms with E-state index in [1.807, 2.05) is 37.4 Å². The van der Waals surface area contributed by atoms with Crippen molar-refractivity contribution >= 4 is 6.03 Å². The Hall–Kier alpha value is -2.41. The number of amides is 2. The Balaban J connectivity index is 1.63. The Morgan fingerprint density at radius 3 is 2.48 bits per heavy atom. The van der Waals surface area contributed by atoms with Gasteiger partial charge in [0.2, 0.25) is 0 Å². The van der Waals surface area contributed by atoms with Gasteiger partial charge in [0, 0.05) is 20.1 Å². The van der Waals surface area contributed by atoms with E-state index in [0.29, 0.717) is 31.8 Å². The van der Waals surface area contributed by atoms with E-state index in [9.17, 15) is 9.90 Å². The van der Waals surface area contributed by atoms with Crippen molar-refractivity contribution in [3.63, 3.8) is 0 Å². The van der Waals surface area contributed by atoms with E-state index in [1.54, 1.807) is 9.58 Å². The number of benzene rings is 1. The third-order valence-electron chi connectivity index (χ3n) is 5.25. The molecule has 1 aromatic heterocycles. The molecule has 0 bridgehead atoms. The second-order valence-corrected chi connectivity index (χ2v) is 7.76. The number of likely N-dealkylation sites (tertiary alicyclic amines) is 1. The maximum Gasteiger partial charge on any atom is 0.317 e. The Labute approximate surface area is 160 Å². The fraction of sp³-hybridized carbons (Fsp3) is 0.550. The highest BCUT2D eigenvalue weighted by molar-refractivity contribution is 5.74. The number of urea groups is 1. The molecular formula is C20H29N5O2. The molecule has 1 aliphatic heterocycles. The number of nitrogens with one attached hydrogen (secondary N) is 1. The minimum absolute atomic E-state index is 0.112. The lowest BCUT2D eigenvalue weighted by molar-refractivity contribution is -0.0170. The van der Waals surface area contributed by atoms with Gasteiger partial charge in [0.1, 0.15) is 12.2 Å². The highest BCUT2D eigenvalue weighted by Crippen LogP contribution is 2.32. The lowest BCUT2D eigenvalue weighted by Gasteiger charge is -2.39. The summed E-state index contributed by atoms with van der Waals surface area (Å²) >= 11 is 0. The molecule has 7 nitrogen and oxygen atoms in total. The second kappa shape index (κ2) is 8.08. The van der Waals surface area contributed by atoms with Crippen molar-refractivity contribution < 1.29 is 9.90 Å². The monoisotopic (exact) mass is 371 g/mol. The summed E-state index contributed by atoms with van der Waals surface area (Å²) in [6.45, 7) is 5.28. The van der Waals surface area contributed by atoms with Gasteiger partial charge in [0.25, 0.3) is 0 Å². The fourth-order valence-electron chi connectivity index (χ4n) is 3.68. The van der Waals surface area contributed by atoms with Gasteiger partial charge in [-0.25, -0.2) is 9.78 Å². The molecule has 0 spiro atoms. The van der Waals surface area contributed by atoms with E-state index in [2.05, 4.69) is 29.2 Å². The van der Waals surface area contributed by atoms with Crippen molar-refractivity contribution in [3.8, 4) is 0 Å². The van der Waals surface area contributed by atoms with Gasteiger partial charge in [-0.3, -0.25) is 4.68 Å². The number of piperidine rings is 1. The lowest BCUT2D eigenvalue weighted by Crippen LogP contribution is -2.49. The average molecular weight is 371 g/mol. The zero-order chi connectivity index (χ0) is 19.4. The highest BCUT2D eigenvalue weighted by atomic mass is 16.3. The number of hydrogen-bond acceptors (Lipinski definition) is 4. The van der Waals surface area contributed by atoms with Crippen molar-refractivity contribution in [2.24, 2.45) is 13.0 Å². The summed E-state index contributed by atoms with van der Waals surface area (Å²) in [5.41, 5.74) is 0.0562. The summed E-state index contributed by atoms with van der Waals surface area (Å²) in [7, 11) is 1.84. The van der Waals surface area contributed by atoms with Gasteiger partial charge in [-0.05, 0) is 30.7 Å². The van der Waals surface area contributed by atoms with Crippen LogP contribution in [0.15, 0.2) is 36.7 Å². The molecule has 1 aromatic carbocycles. The van der Waals surface area contributed by atoms with E-state index in [-0.39, 0.29) is 12.1 Å². The fourth-order valence-corrected chi connectivity index (χ4v) is 3.68. The number of carbonyl (C=O) groups is 1. The minimum atomic E-state index is -0.862. The summed E-state index contributed by atoms with van der Waals surface area (Å²) in [6.07, 6.45) is 3.36. The zero-order valence-corrected chi connectivity index (χ0v) is 16.3. The van der Waals surface area contributed by atoms with E-state index in [1.165, 1.54) is 6.33 Å². The predicted octanol–water partition coefficient (Wildman–Crippen LogP) is 2.60. The molecule has 1 saturated heterocycles. The molecule has 0 saturated carbocycles. The van der Waals surface area contributed by atoms with Crippen molar-refractivity contribution in [3.05, 3.63) is 48.0 Å². The van der Waals surface area contributed by atoms with Gasteiger partial charge < -0.3 is 15.3 Å². The van der Waals surface area contributed by atoms with E-state index in [4.69, 9.17) is 0 Å². The van der Waals surface area contributed by atoms with E-state index in [0.717, 1.165) is 17.8 Å². The predicted molar refractivity (Wildman–Crippen MR) is 103 cm³/mol. The number of aromatic nitrogens is 3. The van der Waals surface area contributed by atoms with Crippen LogP contribution in [-0.4, -0.2) is 43.9 Å². The van der Waals surface area contributed by atoms with Crippen LogP contribution in [0.3, 0.4) is 0 Å². The lowest BCUT2D eigenvalue weighted by atomic mass is 9.84. The Bertz CT molecular complexity index is 751. The van der Waals surface area contributed by atoms with Gasteiger partial charge in [-0.2, -0.15) is 5.10 Å². The Morgan fingerprint density at radius 2 is 1.93 bits per heavy atom. The molecular weight excluding hydrogens is 342 g/mol. The standard InChI is InChI=1S/C20H29N5O2/c1-15(2)13-17(18-21-14-22-24(18)3)23-19(26)25-11-9-20(27,10-12-25)16-7-5-4-6-8-16/h4-8,14-15,17,27H,9-13H2,1-3H3,(H,23,26). The molecule has 1 fully saturated rings. The SMILES string of the molecule is CC(C)CC(NC(=O)N1CCC(O)(c2ccccc2)CC1)c1ncnn1C. The van der Waals surface area contributed by atoms with Crippen molar-refractivity contribution in [2.45, 2.75) is 44.8 Å². The molecule has 0 aliphatic carbocycles. The molecule has 1 aliphatic rings. The average Bonchev–Trinajstić information content (AvgIpc) is 3.08. The van der Waals surface area contributed by atoms with Crippen LogP contribution in [0.4, 0.5) is 4.79 Å². The number of hydrogen-bond donors (Lipinski definition) is 2. The molecule has 1 atom stereocenters. The smallest absolute Gasteiger partial charge is 0.317 e. The molecule has 0 radical (unpaired) electrons. The van der Waals surface area contributed by atoms with Gasteiger partial charge >= 0.3 is 6.03 Å². The first kappa shape index (κ1) is 19.4. The third kappa shape index (κ3) is 4.47. The first-order valence-corrected chi connectivity index (χ1v) is 9.56. The molecule has 2 aromatic rings. The maximum atomic E-state index is 12.8. The van der Waals surface area contributed by atoms with Crippen LogP contribution in [-0.2, 0) is 12.6 Å². The molecule has 7 heteroatoms. The Kier molecular flexibility index (Phi) is 5.79. The molecule has 2 heterocycles. The molecule has 1 unspecified atom stereocenters. The molecule has 2 N–H and O–H groups in total. The van der Waals surface area contributed by atoms with Crippen LogP contribution in [0.5, 0.6) is 0 Å². The summed E-state index contributed by atoms with van der Waals surface area (Å²) in [5.74, 6) is 1.17. The maximum absolute atomic E-state index is 12.8. The second-order valence-electron chi connectivity index (χ2n) is 7.76. The van der Waals surface area contributed by atoms with Gasteiger partial charge in [0.05, 0.1) is 11.6 Å². The van der Waals surface area contributed by atoms with Crippen LogP contribution in [0, 0.1) is 5.92 Å². The van der Waals surface area contributed by atoms with Crippen LogP contribution < -0.4 is 5.32 Å². The third-order valence-corrected chi connectivity index (χ3v) is 5.25. The van der Waals surface area contributed by atoms with Crippen molar-refractivity contribution in [2.75, 3.05) is 13.1 Å². The summed E-state index contributed by atoms with van der Waals surface area (Å²) in [5, 5.41) is 18.2.